The van der Waals surface area contributed by atoms with Crippen molar-refractivity contribution in [1.29, 1.82) is 0 Å². The second-order valence-electron chi connectivity index (χ2n) is 5.02. The van der Waals surface area contributed by atoms with E-state index in [2.05, 4.69) is 10.6 Å². The van der Waals surface area contributed by atoms with Crippen molar-refractivity contribution < 1.29 is 14.7 Å². The van der Waals surface area contributed by atoms with Gasteiger partial charge in [0.1, 0.15) is 6.04 Å². The van der Waals surface area contributed by atoms with Gasteiger partial charge in [-0.3, -0.25) is 9.59 Å². The van der Waals surface area contributed by atoms with Crippen molar-refractivity contribution in [3.63, 3.8) is 0 Å². The van der Waals surface area contributed by atoms with E-state index in [0.717, 1.165) is 0 Å². The van der Waals surface area contributed by atoms with E-state index < -0.39 is 17.9 Å². The van der Waals surface area contributed by atoms with E-state index in [4.69, 9.17) is 28.3 Å². The first kappa shape index (κ1) is 18.7. The topological polar surface area (TPSA) is 81.7 Å². The van der Waals surface area contributed by atoms with Crippen LogP contribution < -0.4 is 10.6 Å². The first-order valence-electron chi connectivity index (χ1n) is 6.65. The molecule has 0 radical (unpaired) electrons. The van der Waals surface area contributed by atoms with E-state index in [1.165, 1.54) is 6.07 Å². The van der Waals surface area contributed by atoms with Crippen LogP contribution in [0.1, 0.15) is 6.42 Å². The minimum absolute atomic E-state index is 0.193. The molecule has 0 saturated carbocycles. The molecule has 1 unspecified atom stereocenters. The van der Waals surface area contributed by atoms with Gasteiger partial charge in [-0.1, -0.05) is 23.2 Å². The number of hydrogen-bond donors (Lipinski definition) is 3. The molecule has 0 aliphatic heterocycles. The van der Waals surface area contributed by atoms with Crippen molar-refractivity contribution in [2.45, 2.75) is 12.5 Å². The average molecular weight is 348 g/mol. The van der Waals surface area contributed by atoms with Gasteiger partial charge in [-0.15, -0.1) is 0 Å². The van der Waals surface area contributed by atoms with Crippen LogP contribution in [-0.4, -0.2) is 55.1 Å². The molecule has 0 heterocycles. The normalized spacial score (nSPS) is 12.2. The van der Waals surface area contributed by atoms with Crippen LogP contribution >= 0.6 is 23.2 Å². The standard InChI is InChI=1S/C14H19Cl2N3O3/c1-19(2)6-5-17-12(14(21)22)8-13(20)18-11-4-3-9(15)7-10(11)16/h3-4,7,12,17H,5-6,8H2,1-2H3,(H,18,20)(H,21,22). The summed E-state index contributed by atoms with van der Waals surface area (Å²) in [5.41, 5.74) is 0.397. The summed E-state index contributed by atoms with van der Waals surface area (Å²) in [4.78, 5) is 25.0. The average Bonchev–Trinajstić information content (AvgIpc) is 2.40. The van der Waals surface area contributed by atoms with Gasteiger partial charge in [-0.25, -0.2) is 0 Å². The number of likely N-dealkylation sites (N-methyl/N-ethyl adjacent to an activating group) is 1. The maximum atomic E-state index is 11.9. The monoisotopic (exact) mass is 347 g/mol. The summed E-state index contributed by atoms with van der Waals surface area (Å²) in [6, 6.07) is 3.71. The lowest BCUT2D eigenvalue weighted by molar-refractivity contribution is -0.141. The number of rotatable bonds is 8. The van der Waals surface area contributed by atoms with Crippen molar-refractivity contribution >= 4 is 40.8 Å². The van der Waals surface area contributed by atoms with E-state index in [1.807, 2.05) is 19.0 Å². The Balaban J connectivity index is 2.57. The fourth-order valence-electron chi connectivity index (χ4n) is 1.69. The van der Waals surface area contributed by atoms with Crippen LogP contribution in [0.15, 0.2) is 18.2 Å². The van der Waals surface area contributed by atoms with Crippen molar-refractivity contribution in [1.82, 2.24) is 10.2 Å². The Morgan fingerprint density at radius 3 is 2.55 bits per heavy atom. The molecule has 8 heteroatoms. The Kier molecular flexibility index (Phi) is 7.61. The number of nitrogens with one attached hydrogen (secondary N) is 2. The van der Waals surface area contributed by atoms with Gasteiger partial charge in [0.05, 0.1) is 17.1 Å². The molecule has 1 rings (SSSR count). The zero-order valence-corrected chi connectivity index (χ0v) is 13.9. The first-order valence-corrected chi connectivity index (χ1v) is 7.41. The highest BCUT2D eigenvalue weighted by Crippen LogP contribution is 2.25. The van der Waals surface area contributed by atoms with E-state index in [9.17, 15) is 9.59 Å². The minimum Gasteiger partial charge on any atom is -0.480 e. The second-order valence-corrected chi connectivity index (χ2v) is 5.87. The summed E-state index contributed by atoms with van der Waals surface area (Å²) in [7, 11) is 3.76. The summed E-state index contributed by atoms with van der Waals surface area (Å²) in [6.45, 7) is 1.15. The van der Waals surface area contributed by atoms with E-state index >= 15 is 0 Å². The highest BCUT2D eigenvalue weighted by molar-refractivity contribution is 6.36. The number of carboxylic acid groups (broad SMARTS) is 1. The number of carbonyl (C=O) groups excluding carboxylic acids is 1. The van der Waals surface area contributed by atoms with Gasteiger partial charge in [0, 0.05) is 18.1 Å². The third kappa shape index (κ3) is 6.62. The van der Waals surface area contributed by atoms with Crippen molar-refractivity contribution in [3.8, 4) is 0 Å². The lowest BCUT2D eigenvalue weighted by atomic mass is 10.2. The molecule has 22 heavy (non-hydrogen) atoms. The van der Waals surface area contributed by atoms with Gasteiger partial charge in [0.25, 0.3) is 0 Å². The predicted molar refractivity (Wildman–Crippen MR) is 87.7 cm³/mol. The summed E-state index contributed by atoms with van der Waals surface area (Å²) in [6.07, 6.45) is -0.193. The lowest BCUT2D eigenvalue weighted by Crippen LogP contribution is -2.42. The van der Waals surface area contributed by atoms with Crippen LogP contribution in [0, 0.1) is 0 Å². The Morgan fingerprint density at radius 2 is 2.00 bits per heavy atom. The van der Waals surface area contributed by atoms with Crippen molar-refractivity contribution in [3.05, 3.63) is 28.2 Å². The fraction of sp³-hybridized carbons (Fsp3) is 0.429. The SMILES string of the molecule is CN(C)CCNC(CC(=O)Nc1ccc(Cl)cc1Cl)C(=O)O. The lowest BCUT2D eigenvalue weighted by Gasteiger charge is -2.16. The number of benzene rings is 1. The molecule has 3 N–H and O–H groups in total. The van der Waals surface area contributed by atoms with Gasteiger partial charge in [0.2, 0.25) is 5.91 Å². The number of anilines is 1. The molecule has 0 saturated heterocycles. The molecule has 1 aromatic carbocycles. The van der Waals surface area contributed by atoms with Gasteiger partial charge in [-0.2, -0.15) is 0 Å². The number of hydrogen-bond acceptors (Lipinski definition) is 4. The van der Waals surface area contributed by atoms with Crippen LogP contribution in [-0.2, 0) is 9.59 Å². The molecule has 0 fully saturated rings. The fourth-order valence-corrected chi connectivity index (χ4v) is 2.14. The Morgan fingerprint density at radius 1 is 1.32 bits per heavy atom. The van der Waals surface area contributed by atoms with Crippen LogP contribution in [0.3, 0.4) is 0 Å². The van der Waals surface area contributed by atoms with Crippen LogP contribution in [0.2, 0.25) is 10.0 Å². The quantitative estimate of drug-likeness (QED) is 0.669. The number of amides is 1. The molecule has 6 nitrogen and oxygen atoms in total. The highest BCUT2D eigenvalue weighted by atomic mass is 35.5. The summed E-state index contributed by atoms with van der Waals surface area (Å²) in [5.74, 6) is -1.51. The molecule has 0 bridgehead atoms. The zero-order chi connectivity index (χ0) is 16.7. The van der Waals surface area contributed by atoms with E-state index in [0.29, 0.717) is 28.8 Å². The zero-order valence-electron chi connectivity index (χ0n) is 12.4. The first-order chi connectivity index (χ1) is 10.3. The Hall–Kier alpha value is -1.34. The minimum atomic E-state index is -1.07. The number of carbonyl (C=O) groups is 2. The van der Waals surface area contributed by atoms with Gasteiger partial charge in [-0.05, 0) is 32.3 Å². The maximum absolute atomic E-state index is 11.9. The largest absolute Gasteiger partial charge is 0.480 e. The molecule has 0 aromatic heterocycles. The van der Waals surface area contributed by atoms with Gasteiger partial charge < -0.3 is 20.6 Å². The van der Waals surface area contributed by atoms with Crippen LogP contribution in [0.25, 0.3) is 0 Å². The van der Waals surface area contributed by atoms with Gasteiger partial charge >= 0.3 is 5.97 Å². The van der Waals surface area contributed by atoms with Crippen LogP contribution in [0.5, 0.6) is 0 Å². The van der Waals surface area contributed by atoms with E-state index in [1.54, 1.807) is 12.1 Å². The second kappa shape index (κ2) is 8.95. The Labute approximate surface area is 139 Å². The number of nitrogens with zero attached hydrogens (tertiary/aromatic N) is 1. The summed E-state index contributed by atoms with van der Waals surface area (Å²) in [5, 5.41) is 15.3. The molecule has 1 aromatic rings. The maximum Gasteiger partial charge on any atom is 0.321 e. The smallest absolute Gasteiger partial charge is 0.321 e. The van der Waals surface area contributed by atoms with E-state index in [-0.39, 0.29) is 6.42 Å². The highest BCUT2D eigenvalue weighted by Gasteiger charge is 2.21. The summed E-state index contributed by atoms with van der Waals surface area (Å²) >= 11 is 11.7. The molecule has 0 aliphatic rings. The molecule has 1 amide bonds. The molecular formula is C14H19Cl2N3O3. The number of halogens is 2. The molecule has 1 atom stereocenters. The molecule has 122 valence electrons. The Bertz CT molecular complexity index is 538. The van der Waals surface area contributed by atoms with Crippen molar-refractivity contribution in [2.75, 3.05) is 32.5 Å². The predicted octanol–water partition coefficient (Wildman–Crippen LogP) is 1.93. The third-order valence-corrected chi connectivity index (χ3v) is 3.39. The van der Waals surface area contributed by atoms with Crippen molar-refractivity contribution in [2.24, 2.45) is 0 Å². The molecule has 0 spiro atoms. The molecule has 0 aliphatic carbocycles. The molecular weight excluding hydrogens is 329 g/mol. The number of aliphatic carboxylic acids is 1. The summed E-state index contributed by atoms with van der Waals surface area (Å²) < 4.78 is 0. The van der Waals surface area contributed by atoms with Gasteiger partial charge in [0.15, 0.2) is 0 Å². The number of carboxylic acids is 1. The van der Waals surface area contributed by atoms with Crippen LogP contribution in [0.4, 0.5) is 5.69 Å². The third-order valence-electron chi connectivity index (χ3n) is 2.84.